The number of nitrogens with one attached hydrogen (secondary N) is 1. The first-order valence-corrected chi connectivity index (χ1v) is 7.92. The van der Waals surface area contributed by atoms with Crippen LogP contribution in [0.1, 0.15) is 33.6 Å². The largest absolute Gasteiger partial charge is 0.342 e. The highest BCUT2D eigenvalue weighted by molar-refractivity contribution is 7.99. The molecule has 1 heterocycles. The lowest BCUT2D eigenvalue weighted by Gasteiger charge is -2.41. The third-order valence-electron chi connectivity index (χ3n) is 3.75. The third kappa shape index (κ3) is 2.66. The Bertz CT molecular complexity index is 344. The van der Waals surface area contributed by atoms with E-state index in [-0.39, 0.29) is 29.9 Å². The first kappa shape index (κ1) is 13.7. The second kappa shape index (κ2) is 5.51. The van der Waals surface area contributed by atoms with E-state index < -0.39 is 0 Å². The lowest BCUT2D eigenvalue weighted by Crippen LogP contribution is -2.65. The zero-order valence-corrected chi connectivity index (χ0v) is 12.1. The number of hydrogen-bond acceptors (Lipinski definition) is 3. The summed E-state index contributed by atoms with van der Waals surface area (Å²) in [7, 11) is 0. The molecule has 0 radical (unpaired) electrons. The molecular weight excluding hydrogens is 248 g/mol. The Labute approximate surface area is 113 Å². The first-order valence-electron chi connectivity index (χ1n) is 6.76. The molecule has 0 aromatic carbocycles. The second-order valence-corrected chi connectivity index (χ2v) is 6.57. The van der Waals surface area contributed by atoms with Crippen molar-refractivity contribution >= 4 is 23.6 Å². The van der Waals surface area contributed by atoms with Crippen molar-refractivity contribution in [2.45, 2.75) is 51.7 Å². The standard InChI is InChI=1S/C13H22N2O2S/c1-4-18-7-8(2)15-9(3)12(16)14-11(13(15)17)10-5-6-10/h8-11H,4-7H2,1-3H3,(H,14,16). The molecule has 2 fully saturated rings. The summed E-state index contributed by atoms with van der Waals surface area (Å²) in [6.45, 7) is 5.97. The van der Waals surface area contributed by atoms with Crippen LogP contribution in [0.4, 0.5) is 0 Å². The van der Waals surface area contributed by atoms with Gasteiger partial charge in [-0.15, -0.1) is 0 Å². The van der Waals surface area contributed by atoms with Crippen LogP contribution in [0.2, 0.25) is 0 Å². The van der Waals surface area contributed by atoms with Gasteiger partial charge in [0.2, 0.25) is 11.8 Å². The van der Waals surface area contributed by atoms with Gasteiger partial charge in [0, 0.05) is 11.8 Å². The Morgan fingerprint density at radius 1 is 1.44 bits per heavy atom. The fraction of sp³-hybridized carbons (Fsp3) is 0.846. The number of thioether (sulfide) groups is 1. The Hall–Kier alpha value is -0.710. The molecule has 4 nitrogen and oxygen atoms in total. The minimum Gasteiger partial charge on any atom is -0.342 e. The number of carbonyl (C=O) groups is 2. The van der Waals surface area contributed by atoms with Gasteiger partial charge in [-0.25, -0.2) is 0 Å². The van der Waals surface area contributed by atoms with E-state index in [4.69, 9.17) is 0 Å². The van der Waals surface area contributed by atoms with Crippen LogP contribution in [0.15, 0.2) is 0 Å². The molecule has 3 atom stereocenters. The van der Waals surface area contributed by atoms with Crippen molar-refractivity contribution in [1.82, 2.24) is 10.2 Å². The van der Waals surface area contributed by atoms with E-state index in [1.165, 1.54) is 0 Å². The maximum atomic E-state index is 12.5. The average molecular weight is 270 g/mol. The summed E-state index contributed by atoms with van der Waals surface area (Å²) in [5, 5.41) is 2.88. The van der Waals surface area contributed by atoms with E-state index in [2.05, 4.69) is 12.2 Å². The second-order valence-electron chi connectivity index (χ2n) is 5.25. The van der Waals surface area contributed by atoms with Gasteiger partial charge in [-0.05, 0) is 38.4 Å². The fourth-order valence-electron chi connectivity index (χ4n) is 2.53. The van der Waals surface area contributed by atoms with Crippen LogP contribution in [0.25, 0.3) is 0 Å². The normalized spacial score (nSPS) is 30.3. The van der Waals surface area contributed by atoms with Crippen molar-refractivity contribution in [3.63, 3.8) is 0 Å². The molecule has 2 amide bonds. The highest BCUT2D eigenvalue weighted by Gasteiger charge is 2.46. The van der Waals surface area contributed by atoms with Gasteiger partial charge in [-0.3, -0.25) is 9.59 Å². The topological polar surface area (TPSA) is 49.4 Å². The van der Waals surface area contributed by atoms with E-state index in [1.54, 1.807) is 4.90 Å². The fourth-order valence-corrected chi connectivity index (χ4v) is 3.27. The Balaban J connectivity index is 2.08. The molecule has 5 heteroatoms. The quantitative estimate of drug-likeness (QED) is 0.818. The van der Waals surface area contributed by atoms with E-state index >= 15 is 0 Å². The lowest BCUT2D eigenvalue weighted by molar-refractivity contribution is -0.151. The van der Waals surface area contributed by atoms with Crippen LogP contribution in [0, 0.1) is 5.92 Å². The van der Waals surface area contributed by atoms with Crippen molar-refractivity contribution in [3.8, 4) is 0 Å². The predicted octanol–water partition coefficient (Wildman–Crippen LogP) is 1.25. The molecule has 1 aliphatic carbocycles. The SMILES string of the molecule is CCSCC(C)N1C(=O)C(C2CC2)NC(=O)C1C. The molecule has 18 heavy (non-hydrogen) atoms. The number of carbonyl (C=O) groups excluding carboxylic acids is 2. The third-order valence-corrected chi connectivity index (χ3v) is 4.87. The molecule has 0 aromatic rings. The molecule has 0 bridgehead atoms. The Morgan fingerprint density at radius 3 is 2.67 bits per heavy atom. The molecule has 2 rings (SSSR count). The maximum absolute atomic E-state index is 12.5. The van der Waals surface area contributed by atoms with Crippen molar-refractivity contribution < 1.29 is 9.59 Å². The van der Waals surface area contributed by atoms with Gasteiger partial charge >= 0.3 is 0 Å². The Kier molecular flexibility index (Phi) is 4.20. The van der Waals surface area contributed by atoms with Crippen molar-refractivity contribution in [1.29, 1.82) is 0 Å². The van der Waals surface area contributed by atoms with E-state index in [0.29, 0.717) is 5.92 Å². The van der Waals surface area contributed by atoms with Crippen LogP contribution >= 0.6 is 11.8 Å². The maximum Gasteiger partial charge on any atom is 0.246 e. The minimum atomic E-state index is -0.333. The molecular formula is C13H22N2O2S. The molecule has 2 aliphatic rings. The van der Waals surface area contributed by atoms with Crippen molar-refractivity contribution in [3.05, 3.63) is 0 Å². The van der Waals surface area contributed by atoms with E-state index in [0.717, 1.165) is 24.3 Å². The van der Waals surface area contributed by atoms with Crippen molar-refractivity contribution in [2.24, 2.45) is 5.92 Å². The van der Waals surface area contributed by atoms with Crippen LogP contribution in [0.3, 0.4) is 0 Å². The summed E-state index contributed by atoms with van der Waals surface area (Å²) < 4.78 is 0. The van der Waals surface area contributed by atoms with Gasteiger partial charge in [0.25, 0.3) is 0 Å². The lowest BCUT2D eigenvalue weighted by atomic mass is 10.0. The number of piperazine rings is 1. The van der Waals surface area contributed by atoms with Crippen LogP contribution in [0.5, 0.6) is 0 Å². The van der Waals surface area contributed by atoms with Crippen molar-refractivity contribution in [2.75, 3.05) is 11.5 Å². The number of rotatable bonds is 5. The van der Waals surface area contributed by atoms with Gasteiger partial charge < -0.3 is 10.2 Å². The minimum absolute atomic E-state index is 0.000140. The zero-order chi connectivity index (χ0) is 13.3. The predicted molar refractivity (Wildman–Crippen MR) is 73.4 cm³/mol. The average Bonchev–Trinajstić information content (AvgIpc) is 3.15. The van der Waals surface area contributed by atoms with E-state index in [1.807, 2.05) is 25.6 Å². The molecule has 102 valence electrons. The smallest absolute Gasteiger partial charge is 0.246 e. The molecule has 1 saturated carbocycles. The van der Waals surface area contributed by atoms with Gasteiger partial charge in [-0.1, -0.05) is 6.92 Å². The summed E-state index contributed by atoms with van der Waals surface area (Å²) >= 11 is 1.81. The highest BCUT2D eigenvalue weighted by atomic mass is 32.2. The van der Waals surface area contributed by atoms with Crippen LogP contribution in [-0.2, 0) is 9.59 Å². The zero-order valence-electron chi connectivity index (χ0n) is 11.3. The van der Waals surface area contributed by atoms with Gasteiger partial charge in [0.05, 0.1) is 0 Å². The summed E-state index contributed by atoms with van der Waals surface area (Å²) in [4.78, 5) is 26.2. The van der Waals surface area contributed by atoms with Crippen LogP contribution < -0.4 is 5.32 Å². The highest BCUT2D eigenvalue weighted by Crippen LogP contribution is 2.35. The molecule has 1 aliphatic heterocycles. The number of nitrogens with zero attached hydrogens (tertiary/aromatic N) is 1. The molecule has 3 unspecified atom stereocenters. The number of amides is 2. The summed E-state index contributed by atoms with van der Waals surface area (Å²) in [6, 6.07) is -0.465. The van der Waals surface area contributed by atoms with Gasteiger partial charge in [-0.2, -0.15) is 11.8 Å². The number of hydrogen-bond donors (Lipinski definition) is 1. The van der Waals surface area contributed by atoms with Gasteiger partial charge in [0.1, 0.15) is 12.1 Å². The molecule has 1 N–H and O–H groups in total. The molecule has 0 spiro atoms. The summed E-state index contributed by atoms with van der Waals surface area (Å²) in [5.41, 5.74) is 0. The van der Waals surface area contributed by atoms with Gasteiger partial charge in [0.15, 0.2) is 0 Å². The first-order chi connectivity index (χ1) is 8.56. The summed E-state index contributed by atoms with van der Waals surface area (Å²) in [6.07, 6.45) is 2.13. The Morgan fingerprint density at radius 2 is 2.11 bits per heavy atom. The van der Waals surface area contributed by atoms with Crippen LogP contribution in [-0.4, -0.2) is 46.3 Å². The monoisotopic (exact) mass is 270 g/mol. The van der Waals surface area contributed by atoms with E-state index in [9.17, 15) is 9.59 Å². The molecule has 0 aromatic heterocycles. The summed E-state index contributed by atoms with van der Waals surface area (Å²) in [5.74, 6) is 2.44. The molecule has 1 saturated heterocycles.